The summed E-state index contributed by atoms with van der Waals surface area (Å²) in [5.74, 6) is 1.14. The molecular weight excluding hydrogens is 296 g/mol. The number of aryl methyl sites for hydroxylation is 1. The van der Waals surface area contributed by atoms with Crippen LogP contribution in [-0.2, 0) is 22.8 Å². The number of hydrogen-bond acceptors (Lipinski definition) is 6. The summed E-state index contributed by atoms with van der Waals surface area (Å²) in [5, 5.41) is 6.52. The molecule has 1 aliphatic rings. The summed E-state index contributed by atoms with van der Waals surface area (Å²) in [6.07, 6.45) is 2.12. The number of carbonyl (C=O) groups excluding carboxylic acids is 1. The summed E-state index contributed by atoms with van der Waals surface area (Å²) in [7, 11) is -1.40. The van der Waals surface area contributed by atoms with E-state index in [4.69, 9.17) is 4.52 Å². The van der Waals surface area contributed by atoms with E-state index in [9.17, 15) is 13.2 Å². The van der Waals surface area contributed by atoms with Gasteiger partial charge in [-0.3, -0.25) is 0 Å². The average molecular weight is 316 g/mol. The molecule has 8 nitrogen and oxygen atoms in total. The molecule has 0 radical (unpaired) electrons. The second-order valence-electron chi connectivity index (χ2n) is 5.26. The molecule has 1 fully saturated rings. The van der Waals surface area contributed by atoms with E-state index in [1.807, 2.05) is 6.92 Å². The van der Waals surface area contributed by atoms with Crippen molar-refractivity contribution in [2.45, 2.75) is 38.8 Å². The molecule has 118 valence electrons. The predicted molar refractivity (Wildman–Crippen MR) is 75.4 cm³/mol. The Morgan fingerprint density at radius 2 is 2.29 bits per heavy atom. The number of hydrogen-bond donors (Lipinski definition) is 1. The highest BCUT2D eigenvalue weighted by atomic mass is 32.2. The van der Waals surface area contributed by atoms with Gasteiger partial charge in [0.1, 0.15) is 6.54 Å². The van der Waals surface area contributed by atoms with Crippen LogP contribution in [0.2, 0.25) is 0 Å². The Balaban J connectivity index is 1.84. The minimum Gasteiger partial charge on any atom is -0.337 e. The van der Waals surface area contributed by atoms with Gasteiger partial charge in [0.05, 0.1) is 11.5 Å². The Kier molecular flexibility index (Phi) is 4.81. The molecule has 0 aromatic carbocycles. The Hall–Kier alpha value is -1.64. The summed E-state index contributed by atoms with van der Waals surface area (Å²) < 4.78 is 27.8. The maximum Gasteiger partial charge on any atom is 0.317 e. The van der Waals surface area contributed by atoms with E-state index in [2.05, 4.69) is 15.5 Å². The minimum absolute atomic E-state index is 0.00772. The predicted octanol–water partition coefficient (Wildman–Crippen LogP) is 0.351. The van der Waals surface area contributed by atoms with Crippen molar-refractivity contribution in [3.63, 3.8) is 0 Å². The molecule has 1 aliphatic heterocycles. The van der Waals surface area contributed by atoms with Gasteiger partial charge in [-0.05, 0) is 12.8 Å². The number of urea groups is 1. The van der Waals surface area contributed by atoms with Gasteiger partial charge >= 0.3 is 6.03 Å². The van der Waals surface area contributed by atoms with Crippen molar-refractivity contribution in [1.82, 2.24) is 20.4 Å². The molecule has 2 rings (SSSR count). The smallest absolute Gasteiger partial charge is 0.317 e. The van der Waals surface area contributed by atoms with E-state index in [1.54, 1.807) is 7.05 Å². The van der Waals surface area contributed by atoms with Crippen molar-refractivity contribution >= 4 is 15.9 Å². The third kappa shape index (κ3) is 4.42. The maximum atomic E-state index is 12.0. The monoisotopic (exact) mass is 316 g/mol. The SMILES string of the molecule is CCCc1noc(CN(C)C(=O)NC2CCS(=O)(=O)C2)n1. The highest BCUT2D eigenvalue weighted by Gasteiger charge is 2.29. The molecule has 1 atom stereocenters. The van der Waals surface area contributed by atoms with Crippen LogP contribution in [0, 0.1) is 0 Å². The fraction of sp³-hybridized carbons (Fsp3) is 0.750. The number of nitrogens with one attached hydrogen (secondary N) is 1. The Morgan fingerprint density at radius 1 is 1.52 bits per heavy atom. The molecule has 0 spiro atoms. The van der Waals surface area contributed by atoms with Crippen LogP contribution in [0.3, 0.4) is 0 Å². The molecule has 0 saturated carbocycles. The fourth-order valence-corrected chi connectivity index (χ4v) is 3.82. The topological polar surface area (TPSA) is 105 Å². The first-order valence-electron chi connectivity index (χ1n) is 6.93. The van der Waals surface area contributed by atoms with E-state index in [0.29, 0.717) is 18.1 Å². The molecule has 0 bridgehead atoms. The molecule has 9 heteroatoms. The lowest BCUT2D eigenvalue weighted by Gasteiger charge is -2.18. The second kappa shape index (κ2) is 6.42. The van der Waals surface area contributed by atoms with Crippen LogP contribution in [0.1, 0.15) is 31.5 Å². The number of carbonyl (C=O) groups is 1. The third-order valence-electron chi connectivity index (χ3n) is 3.26. The molecule has 1 unspecified atom stereocenters. The lowest BCUT2D eigenvalue weighted by atomic mass is 10.3. The van der Waals surface area contributed by atoms with Crippen LogP contribution in [0.5, 0.6) is 0 Å². The zero-order valence-electron chi connectivity index (χ0n) is 12.2. The molecule has 1 saturated heterocycles. The van der Waals surface area contributed by atoms with Gasteiger partial charge in [0.2, 0.25) is 5.89 Å². The summed E-state index contributed by atoms with van der Waals surface area (Å²) in [5.41, 5.74) is 0. The average Bonchev–Trinajstić information content (AvgIpc) is 2.96. The first kappa shape index (κ1) is 15.7. The summed E-state index contributed by atoms with van der Waals surface area (Å²) in [6.45, 7) is 2.22. The zero-order chi connectivity index (χ0) is 15.5. The summed E-state index contributed by atoms with van der Waals surface area (Å²) >= 11 is 0. The fourth-order valence-electron chi connectivity index (χ4n) is 2.15. The quantitative estimate of drug-likeness (QED) is 0.840. The molecule has 1 aromatic heterocycles. The normalized spacial score (nSPS) is 20.4. The maximum absolute atomic E-state index is 12.0. The molecule has 21 heavy (non-hydrogen) atoms. The summed E-state index contributed by atoms with van der Waals surface area (Å²) in [6, 6.07) is -0.657. The Morgan fingerprint density at radius 3 is 2.90 bits per heavy atom. The standard InChI is InChI=1S/C12H20N4O4S/c1-3-4-10-14-11(20-15-10)7-16(2)12(17)13-9-5-6-21(18,19)8-9/h9H,3-8H2,1-2H3,(H,13,17). The lowest BCUT2D eigenvalue weighted by molar-refractivity contribution is 0.196. The van der Waals surface area contributed by atoms with Gasteiger partial charge in [-0.25, -0.2) is 13.2 Å². The zero-order valence-corrected chi connectivity index (χ0v) is 13.0. The van der Waals surface area contributed by atoms with Crippen molar-refractivity contribution in [2.75, 3.05) is 18.6 Å². The van der Waals surface area contributed by atoms with E-state index in [1.165, 1.54) is 4.90 Å². The Bertz CT molecular complexity index is 598. The largest absolute Gasteiger partial charge is 0.337 e. The number of amides is 2. The van der Waals surface area contributed by atoms with Gasteiger partial charge in [0.15, 0.2) is 15.7 Å². The molecule has 1 N–H and O–H groups in total. The van der Waals surface area contributed by atoms with Crippen molar-refractivity contribution in [3.8, 4) is 0 Å². The van der Waals surface area contributed by atoms with Crippen molar-refractivity contribution in [3.05, 3.63) is 11.7 Å². The molecule has 0 aliphatic carbocycles. The minimum atomic E-state index is -3.00. The van der Waals surface area contributed by atoms with Gasteiger partial charge in [-0.2, -0.15) is 4.98 Å². The highest BCUT2D eigenvalue weighted by Crippen LogP contribution is 2.12. The molecular formula is C12H20N4O4S. The molecule has 1 aromatic rings. The van der Waals surface area contributed by atoms with Gasteiger partial charge in [0, 0.05) is 19.5 Å². The number of sulfone groups is 1. The lowest BCUT2D eigenvalue weighted by Crippen LogP contribution is -2.43. The van der Waals surface area contributed by atoms with Gasteiger partial charge in [-0.15, -0.1) is 0 Å². The van der Waals surface area contributed by atoms with Gasteiger partial charge < -0.3 is 14.7 Å². The van der Waals surface area contributed by atoms with Crippen LogP contribution in [0.4, 0.5) is 4.79 Å². The second-order valence-corrected chi connectivity index (χ2v) is 7.49. The highest BCUT2D eigenvalue weighted by molar-refractivity contribution is 7.91. The van der Waals surface area contributed by atoms with Crippen LogP contribution < -0.4 is 5.32 Å². The first-order valence-corrected chi connectivity index (χ1v) is 8.75. The van der Waals surface area contributed by atoms with E-state index >= 15 is 0 Å². The van der Waals surface area contributed by atoms with Crippen molar-refractivity contribution in [2.24, 2.45) is 0 Å². The molecule has 2 heterocycles. The number of nitrogens with zero attached hydrogens (tertiary/aromatic N) is 3. The number of aromatic nitrogens is 2. The van der Waals surface area contributed by atoms with Gasteiger partial charge in [0.25, 0.3) is 0 Å². The third-order valence-corrected chi connectivity index (χ3v) is 5.03. The first-order chi connectivity index (χ1) is 9.89. The summed E-state index contributed by atoms with van der Waals surface area (Å²) in [4.78, 5) is 17.6. The van der Waals surface area contributed by atoms with Crippen molar-refractivity contribution < 1.29 is 17.7 Å². The molecule has 2 amide bonds. The van der Waals surface area contributed by atoms with Gasteiger partial charge in [-0.1, -0.05) is 12.1 Å². The van der Waals surface area contributed by atoms with Crippen LogP contribution in [0.25, 0.3) is 0 Å². The van der Waals surface area contributed by atoms with Crippen molar-refractivity contribution in [1.29, 1.82) is 0 Å². The van der Waals surface area contributed by atoms with E-state index in [-0.39, 0.29) is 30.1 Å². The van der Waals surface area contributed by atoms with E-state index in [0.717, 1.165) is 12.8 Å². The van der Waals surface area contributed by atoms with Crippen LogP contribution in [0.15, 0.2) is 4.52 Å². The Labute approximate surface area is 123 Å². The number of rotatable bonds is 5. The van der Waals surface area contributed by atoms with Crippen LogP contribution >= 0.6 is 0 Å². The van der Waals surface area contributed by atoms with E-state index < -0.39 is 9.84 Å². The van der Waals surface area contributed by atoms with Crippen LogP contribution in [-0.4, -0.2) is 54.1 Å².